The summed E-state index contributed by atoms with van der Waals surface area (Å²) in [5.74, 6) is -0.223. The van der Waals surface area contributed by atoms with Crippen molar-refractivity contribution in [2.75, 3.05) is 6.26 Å². The summed E-state index contributed by atoms with van der Waals surface area (Å²) in [4.78, 5) is 12.9. The van der Waals surface area contributed by atoms with Gasteiger partial charge in [-0.15, -0.1) is 11.8 Å². The minimum atomic E-state index is -0.838. The first-order chi connectivity index (χ1) is 7.48. The van der Waals surface area contributed by atoms with Gasteiger partial charge in [0.15, 0.2) is 0 Å². The summed E-state index contributed by atoms with van der Waals surface area (Å²) < 4.78 is 0. The summed E-state index contributed by atoms with van der Waals surface area (Å²) in [6.07, 6.45) is 1.98. The molecule has 3 nitrogen and oxygen atoms in total. The van der Waals surface area contributed by atoms with Gasteiger partial charge in [-0.25, -0.2) is 0 Å². The van der Waals surface area contributed by atoms with Crippen LogP contribution in [0, 0.1) is 11.3 Å². The summed E-state index contributed by atoms with van der Waals surface area (Å²) in [5, 5.41) is 11.5. The highest BCUT2D eigenvalue weighted by atomic mass is 32.2. The van der Waals surface area contributed by atoms with E-state index in [9.17, 15) is 4.79 Å². The number of benzene rings is 1. The number of nitrogens with zero attached hydrogens (tertiary/aromatic N) is 1. The fraction of sp³-hybridized carbons (Fsp3) is 0.333. The standard InChI is InChI=1S/C12H14N2OS/c1-12(2,8-13)14-11(15)9-4-6-10(16-3)7-5-9/h4-7H,1-3H3,(H,14,15). The van der Waals surface area contributed by atoms with Crippen LogP contribution in [-0.2, 0) is 0 Å². The molecular formula is C12H14N2OS. The molecule has 0 heterocycles. The molecule has 1 aromatic carbocycles. The van der Waals surface area contributed by atoms with Gasteiger partial charge in [0.1, 0.15) is 5.54 Å². The Hall–Kier alpha value is -1.47. The number of hydrogen-bond donors (Lipinski definition) is 1. The minimum Gasteiger partial charge on any atom is -0.334 e. The largest absolute Gasteiger partial charge is 0.334 e. The number of nitriles is 1. The Balaban J connectivity index is 2.78. The van der Waals surface area contributed by atoms with E-state index in [4.69, 9.17) is 5.26 Å². The molecule has 0 aliphatic rings. The molecule has 0 saturated carbocycles. The average molecular weight is 234 g/mol. The monoisotopic (exact) mass is 234 g/mol. The van der Waals surface area contributed by atoms with Crippen molar-refractivity contribution >= 4 is 17.7 Å². The van der Waals surface area contributed by atoms with Gasteiger partial charge in [-0.1, -0.05) is 0 Å². The Morgan fingerprint density at radius 2 is 1.94 bits per heavy atom. The first kappa shape index (κ1) is 12.6. The van der Waals surface area contributed by atoms with Gasteiger partial charge in [0.2, 0.25) is 0 Å². The molecule has 0 unspecified atom stereocenters. The highest BCUT2D eigenvalue weighted by molar-refractivity contribution is 7.98. The highest BCUT2D eigenvalue weighted by Gasteiger charge is 2.19. The second-order valence-electron chi connectivity index (χ2n) is 3.92. The summed E-state index contributed by atoms with van der Waals surface area (Å²) in [6.45, 7) is 3.34. The maximum absolute atomic E-state index is 11.7. The van der Waals surface area contributed by atoms with Gasteiger partial charge in [-0.3, -0.25) is 4.79 Å². The lowest BCUT2D eigenvalue weighted by molar-refractivity contribution is 0.0929. The van der Waals surface area contributed by atoms with Crippen LogP contribution in [0.25, 0.3) is 0 Å². The number of hydrogen-bond acceptors (Lipinski definition) is 3. The van der Waals surface area contributed by atoms with Crippen LogP contribution in [0.1, 0.15) is 24.2 Å². The average Bonchev–Trinajstić information content (AvgIpc) is 2.28. The molecule has 16 heavy (non-hydrogen) atoms. The van der Waals surface area contributed by atoms with Crippen molar-refractivity contribution in [1.82, 2.24) is 5.32 Å². The number of rotatable bonds is 3. The fourth-order valence-electron chi connectivity index (χ4n) is 1.13. The molecular weight excluding hydrogens is 220 g/mol. The first-order valence-electron chi connectivity index (χ1n) is 4.86. The molecule has 1 amide bonds. The Kier molecular flexibility index (Phi) is 3.97. The zero-order chi connectivity index (χ0) is 12.2. The number of carbonyl (C=O) groups is 1. The predicted octanol–water partition coefficient (Wildman–Crippen LogP) is 2.44. The predicted molar refractivity (Wildman–Crippen MR) is 65.4 cm³/mol. The van der Waals surface area contributed by atoms with Crippen LogP contribution in [-0.4, -0.2) is 17.7 Å². The molecule has 0 fully saturated rings. The van der Waals surface area contributed by atoms with Crippen molar-refractivity contribution in [2.24, 2.45) is 0 Å². The number of carbonyl (C=O) groups excluding carboxylic acids is 1. The molecule has 0 aliphatic carbocycles. The van der Waals surface area contributed by atoms with Crippen LogP contribution in [0.2, 0.25) is 0 Å². The molecule has 0 saturated heterocycles. The molecule has 0 aromatic heterocycles. The van der Waals surface area contributed by atoms with E-state index in [0.717, 1.165) is 4.90 Å². The number of thioether (sulfide) groups is 1. The zero-order valence-corrected chi connectivity index (χ0v) is 10.4. The molecule has 1 aromatic rings. The normalized spacial score (nSPS) is 10.6. The molecule has 4 heteroatoms. The lowest BCUT2D eigenvalue weighted by Crippen LogP contribution is -2.42. The second-order valence-corrected chi connectivity index (χ2v) is 4.80. The third-order valence-corrected chi connectivity index (χ3v) is 2.80. The summed E-state index contributed by atoms with van der Waals surface area (Å²) in [6, 6.07) is 9.32. The van der Waals surface area contributed by atoms with Crippen molar-refractivity contribution in [2.45, 2.75) is 24.3 Å². The van der Waals surface area contributed by atoms with E-state index in [2.05, 4.69) is 5.32 Å². The van der Waals surface area contributed by atoms with Crippen LogP contribution in [0.15, 0.2) is 29.2 Å². The molecule has 0 aliphatic heterocycles. The van der Waals surface area contributed by atoms with E-state index in [1.807, 2.05) is 24.5 Å². The molecule has 1 N–H and O–H groups in total. The Bertz CT molecular complexity index is 418. The maximum Gasteiger partial charge on any atom is 0.252 e. The van der Waals surface area contributed by atoms with Crippen molar-refractivity contribution in [3.63, 3.8) is 0 Å². The van der Waals surface area contributed by atoms with Crippen LogP contribution >= 0.6 is 11.8 Å². The topological polar surface area (TPSA) is 52.9 Å². The molecule has 0 bridgehead atoms. The third-order valence-electron chi connectivity index (χ3n) is 2.06. The summed E-state index contributed by atoms with van der Waals surface area (Å²) >= 11 is 1.62. The smallest absolute Gasteiger partial charge is 0.252 e. The van der Waals surface area contributed by atoms with Gasteiger partial charge >= 0.3 is 0 Å². The van der Waals surface area contributed by atoms with Gasteiger partial charge in [-0.05, 0) is 44.4 Å². The fourth-order valence-corrected chi connectivity index (χ4v) is 1.53. The quantitative estimate of drug-likeness (QED) is 0.817. The van der Waals surface area contributed by atoms with Crippen LogP contribution < -0.4 is 5.32 Å². The highest BCUT2D eigenvalue weighted by Crippen LogP contribution is 2.15. The van der Waals surface area contributed by atoms with E-state index < -0.39 is 5.54 Å². The Morgan fingerprint density at radius 1 is 1.38 bits per heavy atom. The van der Waals surface area contributed by atoms with Crippen molar-refractivity contribution in [1.29, 1.82) is 5.26 Å². The molecule has 1 rings (SSSR count). The lowest BCUT2D eigenvalue weighted by Gasteiger charge is -2.17. The lowest BCUT2D eigenvalue weighted by atomic mass is 10.1. The number of nitrogens with one attached hydrogen (secondary N) is 1. The maximum atomic E-state index is 11.7. The summed E-state index contributed by atoms with van der Waals surface area (Å²) in [5.41, 5.74) is -0.268. The van der Waals surface area contributed by atoms with Crippen LogP contribution in [0.3, 0.4) is 0 Å². The Labute approximate surface area is 99.8 Å². The molecule has 0 radical (unpaired) electrons. The zero-order valence-electron chi connectivity index (χ0n) is 9.57. The van der Waals surface area contributed by atoms with Gasteiger partial charge < -0.3 is 5.32 Å². The van der Waals surface area contributed by atoms with Crippen LogP contribution in [0.5, 0.6) is 0 Å². The minimum absolute atomic E-state index is 0.223. The van der Waals surface area contributed by atoms with Crippen molar-refractivity contribution in [3.8, 4) is 6.07 Å². The van der Waals surface area contributed by atoms with E-state index in [0.29, 0.717) is 5.56 Å². The van der Waals surface area contributed by atoms with E-state index >= 15 is 0 Å². The third kappa shape index (κ3) is 3.28. The number of amides is 1. The van der Waals surface area contributed by atoms with E-state index in [1.165, 1.54) is 0 Å². The SMILES string of the molecule is CSc1ccc(C(=O)NC(C)(C)C#N)cc1. The summed E-state index contributed by atoms with van der Waals surface area (Å²) in [7, 11) is 0. The Morgan fingerprint density at radius 3 is 2.38 bits per heavy atom. The van der Waals surface area contributed by atoms with Gasteiger partial charge in [0, 0.05) is 10.5 Å². The van der Waals surface area contributed by atoms with Crippen molar-refractivity contribution < 1.29 is 4.79 Å². The van der Waals surface area contributed by atoms with E-state index in [-0.39, 0.29) is 5.91 Å². The van der Waals surface area contributed by atoms with Gasteiger partial charge in [0.05, 0.1) is 6.07 Å². The van der Waals surface area contributed by atoms with E-state index in [1.54, 1.807) is 37.7 Å². The van der Waals surface area contributed by atoms with Crippen molar-refractivity contribution in [3.05, 3.63) is 29.8 Å². The second kappa shape index (κ2) is 5.04. The molecule has 84 valence electrons. The molecule has 0 spiro atoms. The van der Waals surface area contributed by atoms with Gasteiger partial charge in [0.25, 0.3) is 5.91 Å². The van der Waals surface area contributed by atoms with Gasteiger partial charge in [-0.2, -0.15) is 5.26 Å². The molecule has 0 atom stereocenters. The van der Waals surface area contributed by atoms with Crippen LogP contribution in [0.4, 0.5) is 0 Å². The first-order valence-corrected chi connectivity index (χ1v) is 6.09.